The number of amides is 3. The highest BCUT2D eigenvalue weighted by Crippen LogP contribution is 2.10. The number of nitrogens with one attached hydrogen (secondary N) is 2. The van der Waals surface area contributed by atoms with Crippen molar-refractivity contribution in [2.75, 3.05) is 13.2 Å². The molecule has 0 aliphatic heterocycles. The van der Waals surface area contributed by atoms with Crippen molar-refractivity contribution in [3.8, 4) is 0 Å². The second-order valence-corrected chi connectivity index (χ2v) is 4.78. The molecule has 0 atom stereocenters. The molecular formula is C10H13N3O5S. The molecule has 0 aliphatic rings. The summed E-state index contributed by atoms with van der Waals surface area (Å²) >= 11 is 1.44. The van der Waals surface area contributed by atoms with E-state index in [-0.39, 0.29) is 6.54 Å². The van der Waals surface area contributed by atoms with Gasteiger partial charge in [0.2, 0.25) is 0 Å². The lowest BCUT2D eigenvalue weighted by atomic mass is 10.5. The van der Waals surface area contributed by atoms with E-state index >= 15 is 0 Å². The summed E-state index contributed by atoms with van der Waals surface area (Å²) in [5, 5.41) is 13.6. The van der Waals surface area contributed by atoms with Gasteiger partial charge >= 0.3 is 12.0 Å². The van der Waals surface area contributed by atoms with E-state index < -0.39 is 31.1 Å². The van der Waals surface area contributed by atoms with E-state index in [1.165, 1.54) is 11.3 Å². The Hall–Kier alpha value is -2.00. The SMILES string of the molecule is Cc1ncc(CNC(=O)NC(=O)COCC(=O)O)s1. The first-order chi connectivity index (χ1) is 8.97. The molecule has 0 radical (unpaired) electrons. The van der Waals surface area contributed by atoms with Crippen molar-refractivity contribution in [1.29, 1.82) is 0 Å². The summed E-state index contributed by atoms with van der Waals surface area (Å²) < 4.78 is 4.52. The van der Waals surface area contributed by atoms with Crippen LogP contribution in [0.15, 0.2) is 6.20 Å². The Morgan fingerprint density at radius 2 is 2.16 bits per heavy atom. The number of hydrogen-bond acceptors (Lipinski definition) is 6. The predicted octanol–water partition coefficient (Wildman–Crippen LogP) is -0.121. The summed E-state index contributed by atoms with van der Waals surface area (Å²) in [5.74, 6) is -1.89. The molecule has 19 heavy (non-hydrogen) atoms. The van der Waals surface area contributed by atoms with Gasteiger partial charge in [-0.3, -0.25) is 10.1 Å². The van der Waals surface area contributed by atoms with E-state index in [9.17, 15) is 14.4 Å². The van der Waals surface area contributed by atoms with Crippen LogP contribution in [-0.2, 0) is 20.9 Å². The van der Waals surface area contributed by atoms with E-state index in [0.29, 0.717) is 0 Å². The Balaban J connectivity index is 2.19. The molecular weight excluding hydrogens is 274 g/mol. The maximum absolute atomic E-state index is 11.3. The van der Waals surface area contributed by atoms with Crippen LogP contribution in [0.3, 0.4) is 0 Å². The number of rotatable bonds is 6. The third kappa shape index (κ3) is 6.48. The van der Waals surface area contributed by atoms with Crippen molar-refractivity contribution in [1.82, 2.24) is 15.6 Å². The third-order valence-electron chi connectivity index (χ3n) is 1.80. The first-order valence-electron chi connectivity index (χ1n) is 5.26. The molecule has 1 heterocycles. The number of aliphatic carboxylic acids is 1. The Bertz CT molecular complexity index is 473. The number of imide groups is 1. The summed E-state index contributed by atoms with van der Waals surface area (Å²) in [5.41, 5.74) is 0. The standard InChI is InChI=1S/C10H13N3O5S/c1-6-11-2-7(19-6)3-12-10(17)13-8(14)4-18-5-9(15)16/h2H,3-5H2,1H3,(H,15,16)(H2,12,13,14,17). The van der Waals surface area contributed by atoms with E-state index in [0.717, 1.165) is 9.88 Å². The lowest BCUT2D eigenvalue weighted by Crippen LogP contribution is -2.40. The number of carboxylic acids is 1. The van der Waals surface area contributed by atoms with Gasteiger partial charge in [-0.15, -0.1) is 11.3 Å². The topological polar surface area (TPSA) is 118 Å². The highest BCUT2D eigenvalue weighted by molar-refractivity contribution is 7.11. The summed E-state index contributed by atoms with van der Waals surface area (Å²) in [4.78, 5) is 37.5. The highest BCUT2D eigenvalue weighted by Gasteiger charge is 2.09. The number of aryl methyl sites for hydroxylation is 1. The van der Waals surface area contributed by atoms with Gasteiger partial charge in [0.1, 0.15) is 13.2 Å². The molecule has 1 aromatic heterocycles. The van der Waals surface area contributed by atoms with Gasteiger partial charge in [-0.05, 0) is 6.92 Å². The van der Waals surface area contributed by atoms with Crippen LogP contribution in [0.25, 0.3) is 0 Å². The molecule has 1 aromatic rings. The molecule has 1 rings (SSSR count). The minimum atomic E-state index is -1.18. The van der Waals surface area contributed by atoms with E-state index in [2.05, 4.69) is 15.0 Å². The monoisotopic (exact) mass is 287 g/mol. The van der Waals surface area contributed by atoms with Crippen molar-refractivity contribution < 1.29 is 24.2 Å². The van der Waals surface area contributed by atoms with Crippen molar-refractivity contribution in [3.05, 3.63) is 16.1 Å². The number of carbonyl (C=O) groups is 3. The molecule has 0 bridgehead atoms. The van der Waals surface area contributed by atoms with Gasteiger partial charge < -0.3 is 15.2 Å². The Labute approximate surface area is 112 Å². The van der Waals surface area contributed by atoms with Gasteiger partial charge in [0.25, 0.3) is 5.91 Å². The van der Waals surface area contributed by atoms with Gasteiger partial charge in [0.15, 0.2) is 0 Å². The quantitative estimate of drug-likeness (QED) is 0.671. The van der Waals surface area contributed by atoms with Gasteiger partial charge in [0.05, 0.1) is 11.6 Å². The molecule has 3 amide bonds. The Morgan fingerprint density at radius 1 is 1.42 bits per heavy atom. The number of carboxylic acid groups (broad SMARTS) is 1. The van der Waals surface area contributed by atoms with Gasteiger partial charge in [-0.2, -0.15) is 0 Å². The maximum atomic E-state index is 11.3. The normalized spacial score (nSPS) is 9.95. The minimum Gasteiger partial charge on any atom is -0.480 e. The average Bonchev–Trinajstić information content (AvgIpc) is 2.72. The third-order valence-corrected chi connectivity index (χ3v) is 2.72. The van der Waals surface area contributed by atoms with Crippen LogP contribution in [-0.4, -0.2) is 41.2 Å². The van der Waals surface area contributed by atoms with E-state index in [4.69, 9.17) is 5.11 Å². The van der Waals surface area contributed by atoms with Crippen LogP contribution in [0.1, 0.15) is 9.88 Å². The Morgan fingerprint density at radius 3 is 2.74 bits per heavy atom. The molecule has 0 unspecified atom stereocenters. The van der Waals surface area contributed by atoms with Crippen LogP contribution in [0.5, 0.6) is 0 Å². The van der Waals surface area contributed by atoms with Crippen molar-refractivity contribution >= 4 is 29.2 Å². The zero-order valence-electron chi connectivity index (χ0n) is 10.1. The van der Waals surface area contributed by atoms with Crippen LogP contribution in [0, 0.1) is 6.92 Å². The zero-order valence-corrected chi connectivity index (χ0v) is 11.0. The smallest absolute Gasteiger partial charge is 0.329 e. The lowest BCUT2D eigenvalue weighted by molar-refractivity contribution is -0.143. The lowest BCUT2D eigenvalue weighted by Gasteiger charge is -2.05. The van der Waals surface area contributed by atoms with Crippen LogP contribution < -0.4 is 10.6 Å². The number of urea groups is 1. The molecule has 0 aromatic carbocycles. The van der Waals surface area contributed by atoms with Crippen molar-refractivity contribution in [3.63, 3.8) is 0 Å². The average molecular weight is 287 g/mol. The van der Waals surface area contributed by atoms with Gasteiger partial charge in [-0.1, -0.05) is 0 Å². The molecule has 9 heteroatoms. The summed E-state index contributed by atoms with van der Waals surface area (Å²) in [6, 6.07) is -0.671. The van der Waals surface area contributed by atoms with Crippen LogP contribution >= 0.6 is 11.3 Å². The summed E-state index contributed by atoms with van der Waals surface area (Å²) in [7, 11) is 0. The molecule has 0 fully saturated rings. The molecule has 8 nitrogen and oxygen atoms in total. The number of carbonyl (C=O) groups excluding carboxylic acids is 2. The van der Waals surface area contributed by atoms with E-state index in [1.54, 1.807) is 6.20 Å². The zero-order chi connectivity index (χ0) is 14.3. The van der Waals surface area contributed by atoms with E-state index in [1.807, 2.05) is 12.2 Å². The molecule has 104 valence electrons. The molecule has 0 saturated heterocycles. The fraction of sp³-hybridized carbons (Fsp3) is 0.400. The van der Waals surface area contributed by atoms with Gasteiger partial charge in [-0.25, -0.2) is 14.6 Å². The first-order valence-corrected chi connectivity index (χ1v) is 6.07. The van der Waals surface area contributed by atoms with Crippen LogP contribution in [0.4, 0.5) is 4.79 Å². The minimum absolute atomic E-state index is 0.264. The highest BCUT2D eigenvalue weighted by atomic mass is 32.1. The first kappa shape index (κ1) is 15.1. The largest absolute Gasteiger partial charge is 0.480 e. The van der Waals surface area contributed by atoms with Crippen LogP contribution in [0.2, 0.25) is 0 Å². The maximum Gasteiger partial charge on any atom is 0.329 e. The second kappa shape index (κ2) is 7.44. The number of aromatic nitrogens is 1. The second-order valence-electron chi connectivity index (χ2n) is 3.46. The molecule has 3 N–H and O–H groups in total. The van der Waals surface area contributed by atoms with Crippen molar-refractivity contribution in [2.24, 2.45) is 0 Å². The number of nitrogens with zero attached hydrogens (tertiary/aromatic N) is 1. The fourth-order valence-electron chi connectivity index (χ4n) is 1.09. The van der Waals surface area contributed by atoms with Crippen molar-refractivity contribution in [2.45, 2.75) is 13.5 Å². The predicted molar refractivity (Wildman–Crippen MR) is 65.7 cm³/mol. The number of ether oxygens (including phenoxy) is 1. The molecule has 0 aliphatic carbocycles. The summed E-state index contributed by atoms with van der Waals surface area (Å²) in [6.45, 7) is 1.03. The van der Waals surface area contributed by atoms with Gasteiger partial charge in [0, 0.05) is 11.1 Å². The Kier molecular flexibility index (Phi) is 5.90. The number of hydrogen-bond donors (Lipinski definition) is 3. The fourth-order valence-corrected chi connectivity index (χ4v) is 1.83. The molecule has 0 saturated carbocycles. The molecule has 0 spiro atoms. The summed E-state index contributed by atoms with van der Waals surface area (Å²) in [6.07, 6.45) is 1.64. The number of thiazole rings is 1.